The average Bonchev–Trinajstić information content (AvgIpc) is 2.77. The van der Waals surface area contributed by atoms with Crippen LogP contribution in [0.5, 0.6) is 0 Å². The Morgan fingerprint density at radius 1 is 1.33 bits per heavy atom. The van der Waals surface area contributed by atoms with E-state index in [-0.39, 0.29) is 6.10 Å². The third-order valence-electron chi connectivity index (χ3n) is 2.94. The summed E-state index contributed by atoms with van der Waals surface area (Å²) in [5.74, 6) is 0.644. The van der Waals surface area contributed by atoms with Gasteiger partial charge in [-0.3, -0.25) is 0 Å². The van der Waals surface area contributed by atoms with E-state index >= 15 is 0 Å². The first-order valence-corrected chi connectivity index (χ1v) is 6.95. The summed E-state index contributed by atoms with van der Waals surface area (Å²) in [5.41, 5.74) is 2.24. The Balaban J connectivity index is 1.81. The molecule has 1 N–H and O–H groups in total. The smallest absolute Gasteiger partial charge is 0.224 e. The largest absolute Gasteiger partial charge is 0.379 e. The van der Waals surface area contributed by atoms with Gasteiger partial charge in [0.2, 0.25) is 5.95 Å². The molecule has 0 spiro atoms. The maximum absolute atomic E-state index is 6.14. The van der Waals surface area contributed by atoms with E-state index in [9.17, 15) is 0 Å². The van der Waals surface area contributed by atoms with E-state index in [1.54, 1.807) is 0 Å². The number of hydrogen-bond donors (Lipinski definition) is 1. The molecule has 1 aromatic rings. The monoisotopic (exact) mass is 269 g/mol. The molecule has 1 aliphatic carbocycles. The van der Waals surface area contributed by atoms with Crippen LogP contribution in [0.15, 0.2) is 0 Å². The summed E-state index contributed by atoms with van der Waals surface area (Å²) in [7, 11) is 0. The molecule has 18 heavy (non-hydrogen) atoms. The molecule has 0 bridgehead atoms. The number of ether oxygens (including phenoxy) is 1. The summed E-state index contributed by atoms with van der Waals surface area (Å²) in [5, 5.41) is 3.81. The Morgan fingerprint density at radius 3 is 2.94 bits per heavy atom. The van der Waals surface area contributed by atoms with Crippen LogP contribution >= 0.6 is 11.6 Å². The van der Waals surface area contributed by atoms with Gasteiger partial charge in [-0.05, 0) is 39.5 Å². The van der Waals surface area contributed by atoms with Gasteiger partial charge in [0.1, 0.15) is 5.15 Å². The van der Waals surface area contributed by atoms with Crippen LogP contribution in [0.4, 0.5) is 5.95 Å². The number of anilines is 1. The van der Waals surface area contributed by atoms with Gasteiger partial charge in [0.05, 0.1) is 11.8 Å². The molecule has 0 aliphatic heterocycles. The molecule has 0 aromatic carbocycles. The van der Waals surface area contributed by atoms with Crippen molar-refractivity contribution in [3.05, 3.63) is 16.4 Å². The Labute approximate surface area is 113 Å². The predicted molar refractivity (Wildman–Crippen MR) is 73.3 cm³/mol. The lowest BCUT2D eigenvalue weighted by atomic mass is 10.3. The lowest BCUT2D eigenvalue weighted by Gasteiger charge is -2.09. The minimum atomic E-state index is 0.288. The quantitative estimate of drug-likeness (QED) is 0.637. The number of nitrogens with one attached hydrogen (secondary N) is 1. The molecule has 1 heterocycles. The van der Waals surface area contributed by atoms with Crippen LogP contribution in [0.1, 0.15) is 37.9 Å². The molecule has 2 rings (SSSR count). The highest BCUT2D eigenvalue weighted by molar-refractivity contribution is 6.30. The van der Waals surface area contributed by atoms with Crippen molar-refractivity contribution in [1.29, 1.82) is 0 Å². The molecule has 4 nitrogen and oxygen atoms in total. The summed E-state index contributed by atoms with van der Waals surface area (Å²) in [6.07, 6.45) is 4.39. The first-order valence-electron chi connectivity index (χ1n) is 6.57. The molecule has 0 radical (unpaired) electrons. The van der Waals surface area contributed by atoms with E-state index in [4.69, 9.17) is 16.3 Å². The highest BCUT2D eigenvalue weighted by Gasteiger charge is 2.17. The Bertz CT molecular complexity index is 409. The van der Waals surface area contributed by atoms with Crippen molar-refractivity contribution in [3.63, 3.8) is 0 Å². The van der Waals surface area contributed by atoms with Gasteiger partial charge in [0.15, 0.2) is 0 Å². The van der Waals surface area contributed by atoms with Crippen LogP contribution in [0.2, 0.25) is 5.15 Å². The molecular formula is C13H20ClN3O. The molecule has 1 aromatic heterocycles. The molecule has 0 saturated heterocycles. The fraction of sp³-hybridized carbons (Fsp3) is 0.692. The molecule has 0 amide bonds. The van der Waals surface area contributed by atoms with Crippen molar-refractivity contribution in [2.24, 2.45) is 0 Å². The summed E-state index contributed by atoms with van der Waals surface area (Å²) in [6.45, 7) is 5.64. The number of rotatable bonds is 6. The van der Waals surface area contributed by atoms with Crippen LogP contribution in [0, 0.1) is 0 Å². The number of fused-ring (bicyclic) bond motifs is 1. The summed E-state index contributed by atoms with van der Waals surface area (Å²) < 4.78 is 5.47. The number of hydrogen-bond acceptors (Lipinski definition) is 4. The van der Waals surface area contributed by atoms with Gasteiger partial charge < -0.3 is 10.1 Å². The Hall–Kier alpha value is -0.870. The zero-order valence-corrected chi connectivity index (χ0v) is 11.8. The molecule has 5 heteroatoms. The fourth-order valence-corrected chi connectivity index (χ4v) is 2.34. The van der Waals surface area contributed by atoms with Crippen molar-refractivity contribution in [3.8, 4) is 0 Å². The molecule has 1 aliphatic rings. The normalized spacial score (nSPS) is 14.0. The maximum Gasteiger partial charge on any atom is 0.224 e. The Morgan fingerprint density at radius 2 is 2.17 bits per heavy atom. The minimum Gasteiger partial charge on any atom is -0.379 e. The lowest BCUT2D eigenvalue weighted by molar-refractivity contribution is 0.0787. The van der Waals surface area contributed by atoms with Crippen LogP contribution in [-0.4, -0.2) is 29.2 Å². The van der Waals surface area contributed by atoms with Gasteiger partial charge >= 0.3 is 0 Å². The third-order valence-corrected chi connectivity index (χ3v) is 3.25. The van der Waals surface area contributed by atoms with E-state index < -0.39 is 0 Å². The SMILES string of the molecule is CC(C)OCCCNc1nc(Cl)c2c(n1)CCC2. The number of aromatic nitrogens is 2. The second-order valence-corrected chi connectivity index (χ2v) is 5.17. The van der Waals surface area contributed by atoms with E-state index in [0.29, 0.717) is 11.1 Å². The topological polar surface area (TPSA) is 47.0 Å². The number of aryl methyl sites for hydroxylation is 1. The first-order chi connectivity index (χ1) is 8.66. The summed E-state index contributed by atoms with van der Waals surface area (Å²) in [6, 6.07) is 0. The Kier molecular flexibility index (Phi) is 4.78. The standard InChI is InChI=1S/C13H20ClN3O/c1-9(2)18-8-4-7-15-13-16-11-6-3-5-10(11)12(14)17-13/h9H,3-8H2,1-2H3,(H,15,16,17). The molecule has 100 valence electrons. The van der Waals surface area contributed by atoms with Gasteiger partial charge in [-0.25, -0.2) is 9.97 Å². The first kappa shape index (κ1) is 13.6. The number of halogens is 1. The van der Waals surface area contributed by atoms with Gasteiger partial charge in [0, 0.05) is 18.7 Å². The van der Waals surface area contributed by atoms with Gasteiger partial charge in [0.25, 0.3) is 0 Å². The zero-order chi connectivity index (χ0) is 13.0. The zero-order valence-electron chi connectivity index (χ0n) is 11.0. The maximum atomic E-state index is 6.14. The molecule has 0 fully saturated rings. The van der Waals surface area contributed by atoms with E-state index in [2.05, 4.69) is 15.3 Å². The highest BCUT2D eigenvalue weighted by atomic mass is 35.5. The van der Waals surface area contributed by atoms with Crippen molar-refractivity contribution in [2.45, 2.75) is 45.6 Å². The van der Waals surface area contributed by atoms with Crippen molar-refractivity contribution in [1.82, 2.24) is 9.97 Å². The van der Waals surface area contributed by atoms with Gasteiger partial charge in [-0.1, -0.05) is 11.6 Å². The number of nitrogens with zero attached hydrogens (tertiary/aromatic N) is 2. The van der Waals surface area contributed by atoms with Gasteiger partial charge in [-0.15, -0.1) is 0 Å². The van der Waals surface area contributed by atoms with Crippen LogP contribution in [0.25, 0.3) is 0 Å². The van der Waals surface area contributed by atoms with Crippen LogP contribution < -0.4 is 5.32 Å². The van der Waals surface area contributed by atoms with Crippen LogP contribution in [0.3, 0.4) is 0 Å². The predicted octanol–water partition coefficient (Wildman–Crippen LogP) is 2.85. The lowest BCUT2D eigenvalue weighted by Crippen LogP contribution is -2.11. The van der Waals surface area contributed by atoms with Gasteiger partial charge in [-0.2, -0.15) is 0 Å². The fourth-order valence-electron chi connectivity index (χ4n) is 2.06. The minimum absolute atomic E-state index is 0.288. The van der Waals surface area contributed by atoms with E-state index in [1.165, 1.54) is 0 Å². The van der Waals surface area contributed by atoms with E-state index in [0.717, 1.165) is 50.1 Å². The van der Waals surface area contributed by atoms with Crippen LogP contribution in [-0.2, 0) is 17.6 Å². The second kappa shape index (κ2) is 6.34. The average molecular weight is 270 g/mol. The summed E-state index contributed by atoms with van der Waals surface area (Å²) in [4.78, 5) is 8.78. The molecular weight excluding hydrogens is 250 g/mol. The van der Waals surface area contributed by atoms with Crippen molar-refractivity contribution in [2.75, 3.05) is 18.5 Å². The highest BCUT2D eigenvalue weighted by Crippen LogP contribution is 2.26. The molecule has 0 unspecified atom stereocenters. The molecule has 0 atom stereocenters. The second-order valence-electron chi connectivity index (χ2n) is 4.82. The van der Waals surface area contributed by atoms with E-state index in [1.807, 2.05) is 13.8 Å². The van der Waals surface area contributed by atoms with Crippen molar-refractivity contribution < 1.29 is 4.74 Å². The summed E-state index contributed by atoms with van der Waals surface area (Å²) >= 11 is 6.14. The third kappa shape index (κ3) is 3.56. The molecule has 0 saturated carbocycles. The van der Waals surface area contributed by atoms with Crippen molar-refractivity contribution >= 4 is 17.5 Å².